The molecule has 5 heteroatoms. The summed E-state index contributed by atoms with van der Waals surface area (Å²) in [7, 11) is -3.62. The molecule has 0 aromatic heterocycles. The zero-order valence-corrected chi connectivity index (χ0v) is 13.3. The summed E-state index contributed by atoms with van der Waals surface area (Å²) in [6.45, 7) is 3.11. The van der Waals surface area contributed by atoms with Gasteiger partial charge in [0.1, 0.15) is 0 Å². The van der Waals surface area contributed by atoms with Crippen molar-refractivity contribution in [1.82, 2.24) is 5.32 Å². The topological polar surface area (TPSA) is 72.2 Å². The fourth-order valence-electron chi connectivity index (χ4n) is 4.03. The van der Waals surface area contributed by atoms with Crippen LogP contribution in [0.25, 0.3) is 0 Å². The molecule has 2 aliphatic carbocycles. The van der Waals surface area contributed by atoms with E-state index in [0.717, 1.165) is 29.9 Å². The maximum Gasteiger partial charge on any atom is 0.238 e. The first kappa shape index (κ1) is 15.0. The number of nitrogens with two attached hydrogens (primary N) is 1. The van der Waals surface area contributed by atoms with Crippen molar-refractivity contribution in [2.75, 3.05) is 6.54 Å². The molecule has 2 saturated carbocycles. The van der Waals surface area contributed by atoms with Crippen LogP contribution in [-0.2, 0) is 10.0 Å². The van der Waals surface area contributed by atoms with E-state index in [9.17, 15) is 8.42 Å². The van der Waals surface area contributed by atoms with Gasteiger partial charge < -0.3 is 5.32 Å². The van der Waals surface area contributed by atoms with E-state index in [1.165, 1.54) is 25.7 Å². The first-order chi connectivity index (χ1) is 9.93. The molecular weight excluding hydrogens is 284 g/mol. The number of nitrogens with one attached hydrogen (secondary N) is 1. The van der Waals surface area contributed by atoms with Gasteiger partial charge in [-0.25, -0.2) is 13.6 Å². The van der Waals surface area contributed by atoms with Gasteiger partial charge in [-0.2, -0.15) is 0 Å². The minimum atomic E-state index is -3.62. The Labute approximate surface area is 127 Å². The van der Waals surface area contributed by atoms with Crippen molar-refractivity contribution in [3.63, 3.8) is 0 Å². The van der Waals surface area contributed by atoms with Crippen LogP contribution in [0.3, 0.4) is 0 Å². The first-order valence-corrected chi connectivity index (χ1v) is 9.34. The van der Waals surface area contributed by atoms with Crippen LogP contribution in [-0.4, -0.2) is 15.0 Å². The Hall–Kier alpha value is -0.910. The second-order valence-corrected chi connectivity index (χ2v) is 8.24. The molecule has 2 fully saturated rings. The summed E-state index contributed by atoms with van der Waals surface area (Å²) < 4.78 is 22.8. The van der Waals surface area contributed by atoms with Crippen LogP contribution < -0.4 is 10.5 Å². The Balaban J connectivity index is 1.62. The van der Waals surface area contributed by atoms with Gasteiger partial charge in [-0.3, -0.25) is 0 Å². The number of fused-ring (bicyclic) bond motifs is 2. The van der Waals surface area contributed by atoms with Crippen LogP contribution >= 0.6 is 0 Å². The lowest BCUT2D eigenvalue weighted by atomic mass is 9.88. The van der Waals surface area contributed by atoms with Gasteiger partial charge in [-0.1, -0.05) is 18.6 Å². The van der Waals surface area contributed by atoms with Crippen molar-refractivity contribution in [1.29, 1.82) is 0 Å². The molecule has 0 radical (unpaired) electrons. The Bertz CT molecular complexity index is 614. The lowest BCUT2D eigenvalue weighted by Gasteiger charge is -2.24. The Morgan fingerprint density at radius 3 is 2.76 bits per heavy atom. The van der Waals surface area contributed by atoms with Crippen LogP contribution in [0.15, 0.2) is 29.2 Å². The summed E-state index contributed by atoms with van der Waals surface area (Å²) in [5, 5.41) is 8.76. The van der Waals surface area contributed by atoms with E-state index in [1.54, 1.807) is 18.2 Å². The smallest absolute Gasteiger partial charge is 0.238 e. The number of primary sulfonamides is 1. The molecule has 0 aliphatic heterocycles. The van der Waals surface area contributed by atoms with E-state index in [2.05, 4.69) is 12.2 Å². The number of benzene rings is 1. The zero-order valence-electron chi connectivity index (χ0n) is 12.5. The third kappa shape index (κ3) is 3.30. The minimum absolute atomic E-state index is 0.144. The molecule has 1 aromatic carbocycles. The Morgan fingerprint density at radius 1 is 1.33 bits per heavy atom. The second kappa shape index (κ2) is 5.71. The second-order valence-electron chi connectivity index (χ2n) is 6.68. The molecule has 2 aliphatic rings. The molecular formula is C16H24N2O2S. The van der Waals surface area contributed by atoms with Gasteiger partial charge >= 0.3 is 0 Å². The van der Waals surface area contributed by atoms with Gasteiger partial charge in [0.05, 0.1) is 4.90 Å². The fraction of sp³-hybridized carbons (Fsp3) is 0.625. The standard InChI is InChI=1S/C16H24N2O2S/c1-11(13-3-2-4-16(9-13)21(17,19)20)18-10-15-8-12-5-6-14(15)7-12/h2-4,9,11-12,14-15,18H,5-8,10H2,1H3,(H2,17,19,20). The van der Waals surface area contributed by atoms with Crippen LogP contribution in [0.1, 0.15) is 44.2 Å². The number of rotatable bonds is 5. The maximum atomic E-state index is 11.4. The summed E-state index contributed by atoms with van der Waals surface area (Å²) in [5.74, 6) is 2.67. The van der Waals surface area contributed by atoms with Gasteiger partial charge in [0, 0.05) is 6.04 Å². The third-order valence-electron chi connectivity index (χ3n) is 5.26. The highest BCUT2D eigenvalue weighted by Gasteiger charge is 2.39. The summed E-state index contributed by atoms with van der Waals surface area (Å²) in [6, 6.07) is 7.07. The van der Waals surface area contributed by atoms with Gasteiger partial charge in [0.2, 0.25) is 10.0 Å². The van der Waals surface area contributed by atoms with Crippen molar-refractivity contribution in [2.45, 2.75) is 43.5 Å². The first-order valence-electron chi connectivity index (χ1n) is 7.79. The third-order valence-corrected chi connectivity index (χ3v) is 6.17. The molecule has 116 valence electrons. The Morgan fingerprint density at radius 2 is 2.14 bits per heavy atom. The van der Waals surface area contributed by atoms with E-state index in [-0.39, 0.29) is 10.9 Å². The van der Waals surface area contributed by atoms with E-state index < -0.39 is 10.0 Å². The maximum absolute atomic E-state index is 11.4. The van der Waals surface area contributed by atoms with Crippen LogP contribution in [0.4, 0.5) is 0 Å². The lowest BCUT2D eigenvalue weighted by Crippen LogP contribution is -2.28. The van der Waals surface area contributed by atoms with E-state index in [0.29, 0.717) is 0 Å². The normalized spacial score (nSPS) is 29.7. The van der Waals surface area contributed by atoms with E-state index in [1.807, 2.05) is 6.07 Å². The summed E-state index contributed by atoms with van der Waals surface area (Å²) in [4.78, 5) is 0.188. The molecule has 1 aromatic rings. The molecule has 0 heterocycles. The zero-order chi connectivity index (χ0) is 15.0. The average molecular weight is 308 g/mol. The fourth-order valence-corrected chi connectivity index (χ4v) is 4.60. The highest BCUT2D eigenvalue weighted by atomic mass is 32.2. The van der Waals surface area contributed by atoms with Gasteiger partial charge in [0.15, 0.2) is 0 Å². The SMILES string of the molecule is CC(NCC1CC2CCC1C2)c1cccc(S(N)(=O)=O)c1. The lowest BCUT2D eigenvalue weighted by molar-refractivity contribution is 0.309. The summed E-state index contributed by atoms with van der Waals surface area (Å²) in [5.41, 5.74) is 0.977. The number of sulfonamides is 1. The number of hydrogen-bond acceptors (Lipinski definition) is 3. The van der Waals surface area contributed by atoms with Crippen molar-refractivity contribution in [2.24, 2.45) is 22.9 Å². The Kier molecular flexibility index (Phi) is 4.08. The average Bonchev–Trinajstić information content (AvgIpc) is 3.06. The molecule has 4 unspecified atom stereocenters. The molecule has 0 saturated heterocycles. The highest BCUT2D eigenvalue weighted by molar-refractivity contribution is 7.89. The molecule has 2 bridgehead atoms. The van der Waals surface area contributed by atoms with Crippen LogP contribution in [0.2, 0.25) is 0 Å². The van der Waals surface area contributed by atoms with Gasteiger partial charge in [-0.15, -0.1) is 0 Å². The van der Waals surface area contributed by atoms with Crippen LogP contribution in [0, 0.1) is 17.8 Å². The highest BCUT2D eigenvalue weighted by Crippen LogP contribution is 2.48. The molecule has 4 nitrogen and oxygen atoms in total. The van der Waals surface area contributed by atoms with Gasteiger partial charge in [0.25, 0.3) is 0 Å². The number of hydrogen-bond donors (Lipinski definition) is 2. The predicted octanol–water partition coefficient (Wildman–Crippen LogP) is 2.42. The van der Waals surface area contributed by atoms with Crippen molar-refractivity contribution < 1.29 is 8.42 Å². The molecule has 0 spiro atoms. The van der Waals surface area contributed by atoms with Crippen molar-refractivity contribution in [3.05, 3.63) is 29.8 Å². The van der Waals surface area contributed by atoms with E-state index >= 15 is 0 Å². The molecule has 3 N–H and O–H groups in total. The quantitative estimate of drug-likeness (QED) is 0.877. The molecule has 21 heavy (non-hydrogen) atoms. The monoisotopic (exact) mass is 308 g/mol. The van der Waals surface area contributed by atoms with Crippen molar-refractivity contribution in [3.8, 4) is 0 Å². The van der Waals surface area contributed by atoms with Gasteiger partial charge in [-0.05, 0) is 68.2 Å². The molecule has 3 rings (SSSR count). The van der Waals surface area contributed by atoms with E-state index in [4.69, 9.17) is 5.14 Å². The van der Waals surface area contributed by atoms with Crippen LogP contribution in [0.5, 0.6) is 0 Å². The summed E-state index contributed by atoms with van der Waals surface area (Å²) >= 11 is 0. The predicted molar refractivity (Wildman–Crippen MR) is 83.2 cm³/mol. The largest absolute Gasteiger partial charge is 0.310 e. The molecule has 0 amide bonds. The van der Waals surface area contributed by atoms with Crippen molar-refractivity contribution >= 4 is 10.0 Å². The summed E-state index contributed by atoms with van der Waals surface area (Å²) in [6.07, 6.45) is 5.60. The molecule has 4 atom stereocenters. The minimum Gasteiger partial charge on any atom is -0.310 e.